The minimum absolute atomic E-state index is 0.0344. The number of rotatable bonds is 8. The lowest BCUT2D eigenvalue weighted by Gasteiger charge is -2.26. The van der Waals surface area contributed by atoms with Crippen molar-refractivity contribution in [3.8, 4) is 5.75 Å². The highest BCUT2D eigenvalue weighted by atomic mass is 32.2. The SMILES string of the molecule is COc1ccc(C(=O)OCC(=O)N(c2ccccc2)C(C)C)cc1S(=O)(=O)N1CCCC1. The largest absolute Gasteiger partial charge is 0.495 e. The van der Waals surface area contributed by atoms with E-state index in [1.165, 1.54) is 29.6 Å². The number of methoxy groups -OCH3 is 1. The predicted octanol–water partition coefficient (Wildman–Crippen LogP) is 3.08. The molecule has 1 amide bonds. The van der Waals surface area contributed by atoms with Crippen molar-refractivity contribution in [3.05, 3.63) is 54.1 Å². The minimum atomic E-state index is -3.80. The van der Waals surface area contributed by atoms with E-state index < -0.39 is 22.6 Å². The van der Waals surface area contributed by atoms with Gasteiger partial charge >= 0.3 is 5.97 Å². The summed E-state index contributed by atoms with van der Waals surface area (Å²) in [7, 11) is -2.43. The average molecular weight is 461 g/mol. The van der Waals surface area contributed by atoms with Crippen molar-refractivity contribution in [2.24, 2.45) is 0 Å². The van der Waals surface area contributed by atoms with Gasteiger partial charge in [-0.1, -0.05) is 18.2 Å². The number of sulfonamides is 1. The van der Waals surface area contributed by atoms with Gasteiger partial charge in [-0.3, -0.25) is 4.79 Å². The monoisotopic (exact) mass is 460 g/mol. The summed E-state index contributed by atoms with van der Waals surface area (Å²) in [6.07, 6.45) is 1.58. The van der Waals surface area contributed by atoms with Gasteiger partial charge in [0, 0.05) is 24.8 Å². The maximum atomic E-state index is 13.0. The zero-order valence-corrected chi connectivity index (χ0v) is 19.3. The standard InChI is InChI=1S/C23H28N2O6S/c1-17(2)25(19-9-5-4-6-10-19)22(26)16-31-23(27)18-11-12-20(30-3)21(15-18)32(28,29)24-13-7-8-14-24/h4-6,9-12,15,17H,7-8,13-14,16H2,1-3H3. The van der Waals surface area contributed by atoms with Crippen LogP contribution in [-0.2, 0) is 19.6 Å². The molecule has 1 saturated heterocycles. The first-order valence-corrected chi connectivity index (χ1v) is 11.9. The second kappa shape index (κ2) is 10.1. The minimum Gasteiger partial charge on any atom is -0.495 e. The van der Waals surface area contributed by atoms with Crippen LogP contribution in [0.25, 0.3) is 0 Å². The van der Waals surface area contributed by atoms with Gasteiger partial charge in [0.25, 0.3) is 5.91 Å². The number of para-hydroxylation sites is 1. The van der Waals surface area contributed by atoms with Crippen molar-refractivity contribution in [1.82, 2.24) is 4.31 Å². The van der Waals surface area contributed by atoms with Crippen molar-refractivity contribution in [2.45, 2.75) is 37.6 Å². The van der Waals surface area contributed by atoms with E-state index in [0.717, 1.165) is 12.8 Å². The number of benzene rings is 2. The lowest BCUT2D eigenvalue weighted by atomic mass is 10.2. The van der Waals surface area contributed by atoms with Crippen LogP contribution in [0.15, 0.2) is 53.4 Å². The Balaban J connectivity index is 1.77. The molecule has 0 atom stereocenters. The summed E-state index contributed by atoms with van der Waals surface area (Å²) in [5.41, 5.74) is 0.735. The molecule has 1 aliphatic heterocycles. The maximum Gasteiger partial charge on any atom is 0.338 e. The molecule has 1 heterocycles. The fourth-order valence-corrected chi connectivity index (χ4v) is 5.37. The van der Waals surface area contributed by atoms with E-state index in [4.69, 9.17) is 9.47 Å². The van der Waals surface area contributed by atoms with Gasteiger partial charge in [0.2, 0.25) is 10.0 Å². The van der Waals surface area contributed by atoms with Crippen LogP contribution >= 0.6 is 0 Å². The summed E-state index contributed by atoms with van der Waals surface area (Å²) in [5.74, 6) is -1.01. The molecule has 9 heteroatoms. The van der Waals surface area contributed by atoms with E-state index in [2.05, 4.69) is 0 Å². The lowest BCUT2D eigenvalue weighted by molar-refractivity contribution is -0.122. The maximum absolute atomic E-state index is 13.0. The number of esters is 1. The fraction of sp³-hybridized carbons (Fsp3) is 0.391. The number of carbonyl (C=O) groups is 2. The number of anilines is 1. The van der Waals surface area contributed by atoms with Crippen LogP contribution in [0.1, 0.15) is 37.0 Å². The quantitative estimate of drug-likeness (QED) is 0.562. The molecule has 32 heavy (non-hydrogen) atoms. The fourth-order valence-electron chi connectivity index (χ4n) is 3.67. The zero-order chi connectivity index (χ0) is 23.3. The predicted molar refractivity (Wildman–Crippen MR) is 120 cm³/mol. The Morgan fingerprint density at radius 2 is 1.72 bits per heavy atom. The molecular weight excluding hydrogens is 432 g/mol. The van der Waals surface area contributed by atoms with Gasteiger partial charge in [-0.2, -0.15) is 4.31 Å². The second-order valence-corrected chi connectivity index (χ2v) is 9.65. The summed E-state index contributed by atoms with van der Waals surface area (Å²) in [4.78, 5) is 26.8. The van der Waals surface area contributed by atoms with Gasteiger partial charge in [0.15, 0.2) is 6.61 Å². The third kappa shape index (κ3) is 5.11. The molecule has 0 unspecified atom stereocenters. The van der Waals surface area contributed by atoms with Crippen LogP contribution in [0.5, 0.6) is 5.75 Å². The lowest BCUT2D eigenvalue weighted by Crippen LogP contribution is -2.39. The van der Waals surface area contributed by atoms with Gasteiger partial charge < -0.3 is 14.4 Å². The van der Waals surface area contributed by atoms with Crippen molar-refractivity contribution in [1.29, 1.82) is 0 Å². The Morgan fingerprint density at radius 3 is 2.31 bits per heavy atom. The van der Waals surface area contributed by atoms with Gasteiger partial charge in [-0.25, -0.2) is 13.2 Å². The number of amides is 1. The Kier molecular flexibility index (Phi) is 7.52. The van der Waals surface area contributed by atoms with Gasteiger partial charge in [-0.05, 0) is 57.0 Å². The van der Waals surface area contributed by atoms with Crippen LogP contribution in [0.2, 0.25) is 0 Å². The van der Waals surface area contributed by atoms with Crippen LogP contribution in [0.3, 0.4) is 0 Å². The summed E-state index contributed by atoms with van der Waals surface area (Å²) < 4.78 is 37.8. The van der Waals surface area contributed by atoms with Crippen LogP contribution in [-0.4, -0.2) is 57.4 Å². The Labute approximate surface area is 188 Å². The Hall–Kier alpha value is -2.91. The van der Waals surface area contributed by atoms with E-state index in [-0.39, 0.29) is 28.2 Å². The first-order valence-electron chi connectivity index (χ1n) is 10.5. The molecule has 0 spiro atoms. The molecule has 1 fully saturated rings. The molecule has 0 radical (unpaired) electrons. The molecule has 0 N–H and O–H groups in total. The summed E-state index contributed by atoms with van der Waals surface area (Å²) in [5, 5.41) is 0. The summed E-state index contributed by atoms with van der Waals surface area (Å²) >= 11 is 0. The van der Waals surface area contributed by atoms with Crippen molar-refractivity contribution in [2.75, 3.05) is 31.7 Å². The van der Waals surface area contributed by atoms with Crippen LogP contribution in [0.4, 0.5) is 5.69 Å². The van der Waals surface area contributed by atoms with Gasteiger partial charge in [-0.15, -0.1) is 0 Å². The topological polar surface area (TPSA) is 93.2 Å². The average Bonchev–Trinajstić information content (AvgIpc) is 3.33. The molecule has 172 valence electrons. The molecule has 2 aromatic carbocycles. The molecule has 0 aromatic heterocycles. The number of carbonyl (C=O) groups excluding carboxylic acids is 2. The number of nitrogens with zero attached hydrogens (tertiary/aromatic N) is 2. The Morgan fingerprint density at radius 1 is 1.06 bits per heavy atom. The highest BCUT2D eigenvalue weighted by Gasteiger charge is 2.31. The highest BCUT2D eigenvalue weighted by molar-refractivity contribution is 7.89. The molecular formula is C23H28N2O6S. The first-order chi connectivity index (χ1) is 15.3. The van der Waals surface area contributed by atoms with E-state index in [1.54, 1.807) is 17.0 Å². The highest BCUT2D eigenvalue weighted by Crippen LogP contribution is 2.30. The molecule has 0 bridgehead atoms. The van der Waals surface area contributed by atoms with Crippen LogP contribution < -0.4 is 9.64 Å². The molecule has 2 aromatic rings. The normalized spacial score (nSPS) is 14.4. The van der Waals surface area contributed by atoms with E-state index in [0.29, 0.717) is 18.8 Å². The molecule has 3 rings (SSSR count). The van der Waals surface area contributed by atoms with Crippen molar-refractivity contribution in [3.63, 3.8) is 0 Å². The van der Waals surface area contributed by atoms with Crippen molar-refractivity contribution < 1.29 is 27.5 Å². The third-order valence-corrected chi connectivity index (χ3v) is 7.15. The third-order valence-electron chi connectivity index (χ3n) is 5.23. The summed E-state index contributed by atoms with van der Waals surface area (Å²) in [6.45, 7) is 4.13. The van der Waals surface area contributed by atoms with Crippen LogP contribution in [0, 0.1) is 0 Å². The molecule has 1 aliphatic rings. The Bertz CT molecular complexity index is 1060. The zero-order valence-electron chi connectivity index (χ0n) is 18.5. The smallest absolute Gasteiger partial charge is 0.338 e. The second-order valence-electron chi connectivity index (χ2n) is 7.75. The van der Waals surface area contributed by atoms with E-state index >= 15 is 0 Å². The first kappa shape index (κ1) is 23.7. The number of hydrogen-bond donors (Lipinski definition) is 0. The van der Waals surface area contributed by atoms with E-state index in [1.807, 2.05) is 32.0 Å². The number of ether oxygens (including phenoxy) is 2. The number of hydrogen-bond acceptors (Lipinski definition) is 6. The molecule has 0 aliphatic carbocycles. The van der Waals surface area contributed by atoms with Gasteiger partial charge in [0.1, 0.15) is 10.6 Å². The van der Waals surface area contributed by atoms with Gasteiger partial charge in [0.05, 0.1) is 12.7 Å². The molecule has 8 nitrogen and oxygen atoms in total. The van der Waals surface area contributed by atoms with Crippen molar-refractivity contribution >= 4 is 27.6 Å². The van der Waals surface area contributed by atoms with E-state index in [9.17, 15) is 18.0 Å². The molecule has 0 saturated carbocycles. The summed E-state index contributed by atoms with van der Waals surface area (Å²) in [6, 6.07) is 13.1.